The maximum absolute atomic E-state index is 11.3. The van der Waals surface area contributed by atoms with Crippen LogP contribution in [0.2, 0.25) is 0 Å². The molecule has 1 fully saturated rings. The van der Waals surface area contributed by atoms with Crippen LogP contribution < -0.4 is 5.32 Å². The van der Waals surface area contributed by atoms with Gasteiger partial charge >= 0.3 is 5.97 Å². The van der Waals surface area contributed by atoms with E-state index in [1.54, 1.807) is 6.33 Å². The summed E-state index contributed by atoms with van der Waals surface area (Å²) in [4.78, 5) is 24.1. The third kappa shape index (κ3) is 2.81. The first-order chi connectivity index (χ1) is 10.2. The summed E-state index contributed by atoms with van der Waals surface area (Å²) in [6, 6.07) is -0.165. The Morgan fingerprint density at radius 1 is 1.48 bits per heavy atom. The monoisotopic (exact) mass is 289 g/mol. The number of unbranched alkanes of at least 4 members (excludes halogenated alkanes) is 1. The molecule has 0 radical (unpaired) electrons. The molecule has 1 saturated carbocycles. The number of aliphatic carboxylic acids is 1. The van der Waals surface area contributed by atoms with E-state index in [-0.39, 0.29) is 0 Å². The number of carboxylic acids is 1. The molecule has 2 heterocycles. The fraction of sp³-hybridized carbons (Fsp3) is 0.571. The highest BCUT2D eigenvalue weighted by atomic mass is 16.4. The summed E-state index contributed by atoms with van der Waals surface area (Å²) in [5.74, 6) is -0.361. The van der Waals surface area contributed by atoms with Crippen LogP contribution in [0.3, 0.4) is 0 Å². The van der Waals surface area contributed by atoms with Crippen LogP contribution in [0.1, 0.15) is 45.1 Å². The Morgan fingerprint density at radius 3 is 2.95 bits per heavy atom. The molecular weight excluding hydrogens is 270 g/mol. The number of imidazole rings is 1. The first-order valence-corrected chi connectivity index (χ1v) is 7.37. The van der Waals surface area contributed by atoms with Crippen molar-refractivity contribution in [2.24, 2.45) is 0 Å². The van der Waals surface area contributed by atoms with Gasteiger partial charge in [-0.1, -0.05) is 19.8 Å². The van der Waals surface area contributed by atoms with Crippen molar-refractivity contribution in [1.82, 2.24) is 19.5 Å². The minimum absolute atomic E-state index is 0.480. The van der Waals surface area contributed by atoms with E-state index in [0.29, 0.717) is 23.8 Å². The summed E-state index contributed by atoms with van der Waals surface area (Å²) < 4.78 is 2.05. The lowest BCUT2D eigenvalue weighted by Crippen LogP contribution is -2.29. The topological polar surface area (TPSA) is 92.9 Å². The number of aromatic nitrogens is 4. The van der Waals surface area contributed by atoms with Crippen molar-refractivity contribution in [1.29, 1.82) is 0 Å². The molecule has 2 aromatic rings. The van der Waals surface area contributed by atoms with E-state index in [1.165, 1.54) is 6.33 Å². The average molecular weight is 289 g/mol. The third-order valence-corrected chi connectivity index (χ3v) is 3.75. The Hall–Kier alpha value is -2.18. The molecule has 3 rings (SSSR count). The van der Waals surface area contributed by atoms with E-state index in [1.807, 2.05) is 11.5 Å². The van der Waals surface area contributed by atoms with Gasteiger partial charge in [-0.05, 0) is 19.3 Å². The van der Waals surface area contributed by atoms with Crippen LogP contribution in [0.15, 0.2) is 12.7 Å². The standard InChI is InChI=1S/C14H19N5O2/c1-2-3-4-10(14(20)21)18-12-11-13(16-7-15-12)19(8-17-11)9-5-6-9/h7-10H,2-6H2,1H3,(H,20,21)(H,15,16,18)/t10-/m0/s1. The molecule has 1 aliphatic carbocycles. The summed E-state index contributed by atoms with van der Waals surface area (Å²) in [6.45, 7) is 2.04. The van der Waals surface area contributed by atoms with E-state index in [9.17, 15) is 9.90 Å². The molecule has 0 aromatic carbocycles. The molecule has 2 aromatic heterocycles. The average Bonchev–Trinajstić information content (AvgIpc) is 3.22. The Bertz CT molecular complexity index is 650. The summed E-state index contributed by atoms with van der Waals surface area (Å²) in [5.41, 5.74) is 1.42. The predicted octanol–water partition coefficient (Wildman–Crippen LogP) is 2.22. The van der Waals surface area contributed by atoms with Gasteiger partial charge in [0.05, 0.1) is 6.33 Å². The van der Waals surface area contributed by atoms with Gasteiger partial charge in [-0.25, -0.2) is 19.7 Å². The highest BCUT2D eigenvalue weighted by molar-refractivity contribution is 5.86. The van der Waals surface area contributed by atoms with Crippen LogP contribution in [-0.2, 0) is 4.79 Å². The normalized spacial score (nSPS) is 16.0. The van der Waals surface area contributed by atoms with Gasteiger partial charge in [-0.2, -0.15) is 0 Å². The first-order valence-electron chi connectivity index (χ1n) is 7.37. The zero-order chi connectivity index (χ0) is 14.8. The molecule has 0 aliphatic heterocycles. The van der Waals surface area contributed by atoms with Crippen LogP contribution in [0.25, 0.3) is 11.2 Å². The third-order valence-electron chi connectivity index (χ3n) is 3.75. The lowest BCUT2D eigenvalue weighted by Gasteiger charge is -2.14. The molecule has 1 aliphatic rings. The maximum Gasteiger partial charge on any atom is 0.326 e. The number of hydrogen-bond donors (Lipinski definition) is 2. The Balaban J connectivity index is 1.87. The number of fused-ring (bicyclic) bond motifs is 1. The zero-order valence-corrected chi connectivity index (χ0v) is 12.0. The second-order valence-electron chi connectivity index (χ2n) is 5.45. The quantitative estimate of drug-likeness (QED) is 0.811. The first kappa shape index (κ1) is 13.8. The van der Waals surface area contributed by atoms with Gasteiger partial charge in [0.15, 0.2) is 11.5 Å². The summed E-state index contributed by atoms with van der Waals surface area (Å²) >= 11 is 0. The summed E-state index contributed by atoms with van der Waals surface area (Å²) in [6.07, 6.45) is 7.91. The molecule has 7 nitrogen and oxygen atoms in total. The van der Waals surface area contributed by atoms with Gasteiger partial charge in [-0.15, -0.1) is 0 Å². The fourth-order valence-electron chi connectivity index (χ4n) is 2.41. The van der Waals surface area contributed by atoms with Gasteiger partial charge in [-0.3, -0.25) is 0 Å². The lowest BCUT2D eigenvalue weighted by molar-refractivity contribution is -0.138. The number of nitrogens with one attached hydrogen (secondary N) is 1. The van der Waals surface area contributed by atoms with Crippen LogP contribution >= 0.6 is 0 Å². The number of carbonyl (C=O) groups is 1. The van der Waals surface area contributed by atoms with Crippen LogP contribution in [0.5, 0.6) is 0 Å². The van der Waals surface area contributed by atoms with E-state index < -0.39 is 12.0 Å². The van der Waals surface area contributed by atoms with Gasteiger partial charge in [0.1, 0.15) is 17.9 Å². The highest BCUT2D eigenvalue weighted by Crippen LogP contribution is 2.37. The Morgan fingerprint density at radius 2 is 2.29 bits per heavy atom. The molecule has 0 unspecified atom stereocenters. The predicted molar refractivity (Wildman–Crippen MR) is 78.2 cm³/mol. The Labute approximate surface area is 122 Å². The van der Waals surface area contributed by atoms with E-state index in [0.717, 1.165) is 31.3 Å². The van der Waals surface area contributed by atoms with Gasteiger partial charge in [0.2, 0.25) is 0 Å². The van der Waals surface area contributed by atoms with Crippen molar-refractivity contribution in [2.75, 3.05) is 5.32 Å². The summed E-state index contributed by atoms with van der Waals surface area (Å²) in [5, 5.41) is 12.3. The minimum Gasteiger partial charge on any atom is -0.480 e. The maximum atomic E-state index is 11.3. The van der Waals surface area contributed by atoms with Crippen molar-refractivity contribution >= 4 is 23.0 Å². The molecular formula is C14H19N5O2. The van der Waals surface area contributed by atoms with Gasteiger partial charge in [0, 0.05) is 6.04 Å². The van der Waals surface area contributed by atoms with Crippen LogP contribution in [-0.4, -0.2) is 36.6 Å². The molecule has 1 atom stereocenters. The number of rotatable bonds is 7. The molecule has 7 heteroatoms. The van der Waals surface area contributed by atoms with Gasteiger partial charge < -0.3 is 15.0 Å². The molecule has 2 N–H and O–H groups in total. The largest absolute Gasteiger partial charge is 0.480 e. The molecule has 21 heavy (non-hydrogen) atoms. The second kappa shape index (κ2) is 5.67. The SMILES string of the molecule is CCCC[C@H](Nc1ncnc2c1ncn2C1CC1)C(=O)O. The number of anilines is 1. The lowest BCUT2D eigenvalue weighted by atomic mass is 10.1. The van der Waals surface area contributed by atoms with Crippen LogP contribution in [0.4, 0.5) is 5.82 Å². The molecule has 0 saturated heterocycles. The molecule has 0 amide bonds. The van der Waals surface area contributed by atoms with E-state index in [4.69, 9.17) is 0 Å². The highest BCUT2D eigenvalue weighted by Gasteiger charge is 2.27. The van der Waals surface area contributed by atoms with Gasteiger partial charge in [0.25, 0.3) is 0 Å². The smallest absolute Gasteiger partial charge is 0.326 e. The van der Waals surface area contributed by atoms with E-state index in [2.05, 4.69) is 20.3 Å². The van der Waals surface area contributed by atoms with Crippen molar-refractivity contribution in [3.8, 4) is 0 Å². The molecule has 0 bridgehead atoms. The number of carboxylic acid groups (broad SMARTS) is 1. The van der Waals surface area contributed by atoms with Crippen molar-refractivity contribution in [3.05, 3.63) is 12.7 Å². The van der Waals surface area contributed by atoms with Crippen molar-refractivity contribution in [2.45, 2.75) is 51.1 Å². The van der Waals surface area contributed by atoms with Crippen LogP contribution in [0, 0.1) is 0 Å². The number of hydrogen-bond acceptors (Lipinski definition) is 5. The Kier molecular flexibility index (Phi) is 3.72. The molecule has 0 spiro atoms. The zero-order valence-electron chi connectivity index (χ0n) is 12.0. The summed E-state index contributed by atoms with van der Waals surface area (Å²) in [7, 11) is 0. The van der Waals surface area contributed by atoms with E-state index >= 15 is 0 Å². The van der Waals surface area contributed by atoms with Crippen molar-refractivity contribution < 1.29 is 9.90 Å². The van der Waals surface area contributed by atoms with Crippen molar-refractivity contribution in [3.63, 3.8) is 0 Å². The number of nitrogens with zero attached hydrogens (tertiary/aromatic N) is 4. The fourth-order valence-corrected chi connectivity index (χ4v) is 2.41. The molecule has 112 valence electrons. The second-order valence-corrected chi connectivity index (χ2v) is 5.45. The minimum atomic E-state index is -0.864.